The first kappa shape index (κ1) is 14.3. The van der Waals surface area contributed by atoms with Gasteiger partial charge in [-0.3, -0.25) is 0 Å². The summed E-state index contributed by atoms with van der Waals surface area (Å²) in [6, 6.07) is 10.5. The SMILES string of the molecule is CCCCCCc1ccc2cc(O)c(SC)cc2c1. The van der Waals surface area contributed by atoms with Crippen LogP contribution >= 0.6 is 11.8 Å². The number of hydrogen-bond acceptors (Lipinski definition) is 2. The molecule has 2 aromatic carbocycles. The Morgan fingerprint density at radius 1 is 1.00 bits per heavy atom. The zero-order valence-electron chi connectivity index (χ0n) is 11.8. The fraction of sp³-hybridized carbons (Fsp3) is 0.412. The molecular formula is C17H22OS. The number of aryl methyl sites for hydroxylation is 1. The molecule has 1 N–H and O–H groups in total. The molecule has 0 fully saturated rings. The third kappa shape index (κ3) is 3.66. The Kier molecular flexibility index (Phi) is 5.15. The molecule has 102 valence electrons. The molecule has 0 aliphatic carbocycles. The van der Waals surface area contributed by atoms with Gasteiger partial charge in [0.1, 0.15) is 5.75 Å². The molecule has 0 atom stereocenters. The summed E-state index contributed by atoms with van der Waals surface area (Å²) >= 11 is 1.59. The van der Waals surface area contributed by atoms with Crippen LogP contribution in [0.4, 0.5) is 0 Å². The van der Waals surface area contributed by atoms with Crippen LogP contribution in [0.2, 0.25) is 0 Å². The molecule has 0 radical (unpaired) electrons. The van der Waals surface area contributed by atoms with Crippen molar-refractivity contribution in [2.45, 2.75) is 43.9 Å². The third-order valence-corrected chi connectivity index (χ3v) is 4.29. The van der Waals surface area contributed by atoms with Crippen molar-refractivity contribution in [3.63, 3.8) is 0 Å². The van der Waals surface area contributed by atoms with Crippen LogP contribution in [0, 0.1) is 0 Å². The number of unbranched alkanes of at least 4 members (excludes halogenated alkanes) is 3. The Hall–Kier alpha value is -1.15. The van der Waals surface area contributed by atoms with E-state index in [1.807, 2.05) is 12.3 Å². The predicted molar refractivity (Wildman–Crippen MR) is 85.2 cm³/mol. The number of phenolic OH excluding ortho intramolecular Hbond substituents is 1. The van der Waals surface area contributed by atoms with Crippen LogP contribution in [0.25, 0.3) is 10.8 Å². The summed E-state index contributed by atoms with van der Waals surface area (Å²) in [4.78, 5) is 0.954. The molecule has 0 amide bonds. The van der Waals surface area contributed by atoms with Gasteiger partial charge in [-0.05, 0) is 47.6 Å². The highest BCUT2D eigenvalue weighted by Crippen LogP contribution is 2.31. The summed E-state index contributed by atoms with van der Waals surface area (Å²) in [6.45, 7) is 2.24. The summed E-state index contributed by atoms with van der Waals surface area (Å²) in [5, 5.41) is 12.2. The van der Waals surface area contributed by atoms with E-state index in [0.717, 1.165) is 16.7 Å². The van der Waals surface area contributed by atoms with Gasteiger partial charge in [-0.2, -0.15) is 0 Å². The van der Waals surface area contributed by atoms with Gasteiger partial charge in [0.25, 0.3) is 0 Å². The smallest absolute Gasteiger partial charge is 0.129 e. The van der Waals surface area contributed by atoms with Crippen molar-refractivity contribution in [2.75, 3.05) is 6.26 Å². The average Bonchev–Trinajstić information content (AvgIpc) is 2.43. The van der Waals surface area contributed by atoms with E-state index < -0.39 is 0 Å². The zero-order valence-corrected chi connectivity index (χ0v) is 12.6. The number of benzene rings is 2. The monoisotopic (exact) mass is 274 g/mol. The first-order valence-corrected chi connectivity index (χ1v) is 8.26. The van der Waals surface area contributed by atoms with Crippen LogP contribution in [0.1, 0.15) is 38.2 Å². The number of fused-ring (bicyclic) bond motifs is 1. The van der Waals surface area contributed by atoms with Crippen molar-refractivity contribution >= 4 is 22.5 Å². The second-order valence-corrected chi connectivity index (χ2v) is 5.86. The Morgan fingerprint density at radius 3 is 2.58 bits per heavy atom. The molecule has 0 aliphatic heterocycles. The highest BCUT2D eigenvalue weighted by molar-refractivity contribution is 7.98. The largest absolute Gasteiger partial charge is 0.507 e. The van der Waals surface area contributed by atoms with Gasteiger partial charge >= 0.3 is 0 Å². The maximum Gasteiger partial charge on any atom is 0.129 e. The molecule has 0 saturated carbocycles. The summed E-state index contributed by atoms with van der Waals surface area (Å²) in [7, 11) is 0. The molecule has 2 heteroatoms. The molecule has 0 aliphatic rings. The van der Waals surface area contributed by atoms with E-state index in [-0.39, 0.29) is 0 Å². The van der Waals surface area contributed by atoms with Crippen molar-refractivity contribution in [1.29, 1.82) is 0 Å². The molecular weight excluding hydrogens is 252 g/mol. The van der Waals surface area contributed by atoms with Crippen LogP contribution < -0.4 is 0 Å². The molecule has 19 heavy (non-hydrogen) atoms. The van der Waals surface area contributed by atoms with Crippen LogP contribution in [0.3, 0.4) is 0 Å². The molecule has 0 saturated heterocycles. The van der Waals surface area contributed by atoms with Gasteiger partial charge in [0, 0.05) is 4.90 Å². The fourth-order valence-electron chi connectivity index (χ4n) is 2.39. The molecule has 2 rings (SSSR count). The quantitative estimate of drug-likeness (QED) is 0.563. The van der Waals surface area contributed by atoms with Crippen LogP contribution in [-0.2, 0) is 6.42 Å². The second kappa shape index (κ2) is 6.85. The van der Waals surface area contributed by atoms with Gasteiger partial charge in [-0.25, -0.2) is 0 Å². The summed E-state index contributed by atoms with van der Waals surface area (Å²) < 4.78 is 0. The number of aromatic hydroxyl groups is 1. The number of thioether (sulfide) groups is 1. The van der Waals surface area contributed by atoms with E-state index in [4.69, 9.17) is 0 Å². The highest BCUT2D eigenvalue weighted by atomic mass is 32.2. The van der Waals surface area contributed by atoms with Gasteiger partial charge < -0.3 is 5.11 Å². The van der Waals surface area contributed by atoms with Gasteiger partial charge in [0.05, 0.1) is 0 Å². The first-order chi connectivity index (χ1) is 9.24. The van der Waals surface area contributed by atoms with E-state index in [1.54, 1.807) is 11.8 Å². The van der Waals surface area contributed by atoms with Crippen molar-refractivity contribution in [3.8, 4) is 5.75 Å². The number of rotatable bonds is 6. The lowest BCUT2D eigenvalue weighted by atomic mass is 10.0. The normalized spacial score (nSPS) is 11.1. The van der Waals surface area contributed by atoms with E-state index in [0.29, 0.717) is 5.75 Å². The lowest BCUT2D eigenvalue weighted by molar-refractivity contribution is 0.463. The Bertz CT molecular complexity index is 548. The molecule has 2 aromatic rings. The van der Waals surface area contributed by atoms with Gasteiger partial charge in [0.15, 0.2) is 0 Å². The minimum Gasteiger partial charge on any atom is -0.507 e. The number of phenols is 1. The van der Waals surface area contributed by atoms with Crippen LogP contribution in [-0.4, -0.2) is 11.4 Å². The summed E-state index contributed by atoms with van der Waals surface area (Å²) in [5.74, 6) is 0.385. The van der Waals surface area contributed by atoms with Crippen LogP contribution in [0.15, 0.2) is 35.2 Å². The second-order valence-electron chi connectivity index (χ2n) is 5.02. The van der Waals surface area contributed by atoms with E-state index in [9.17, 15) is 5.11 Å². The first-order valence-electron chi connectivity index (χ1n) is 7.04. The van der Waals surface area contributed by atoms with Crippen molar-refractivity contribution in [3.05, 3.63) is 35.9 Å². The van der Waals surface area contributed by atoms with Crippen molar-refractivity contribution in [1.82, 2.24) is 0 Å². The average molecular weight is 274 g/mol. The number of hydrogen-bond donors (Lipinski definition) is 1. The topological polar surface area (TPSA) is 20.2 Å². The lowest BCUT2D eigenvalue weighted by Gasteiger charge is -2.07. The zero-order chi connectivity index (χ0) is 13.7. The van der Waals surface area contributed by atoms with Gasteiger partial charge in [0.2, 0.25) is 0 Å². The van der Waals surface area contributed by atoms with Crippen molar-refractivity contribution < 1.29 is 5.11 Å². The molecule has 0 spiro atoms. The molecule has 0 heterocycles. The maximum absolute atomic E-state index is 9.86. The molecule has 1 nitrogen and oxygen atoms in total. The van der Waals surface area contributed by atoms with E-state index in [1.165, 1.54) is 36.6 Å². The van der Waals surface area contributed by atoms with E-state index in [2.05, 4.69) is 31.2 Å². The molecule has 0 bridgehead atoms. The maximum atomic E-state index is 9.86. The van der Waals surface area contributed by atoms with Crippen LogP contribution in [0.5, 0.6) is 5.75 Å². The Labute approximate surface area is 120 Å². The fourth-order valence-corrected chi connectivity index (χ4v) is 2.90. The lowest BCUT2D eigenvalue weighted by Crippen LogP contribution is -1.87. The molecule has 0 unspecified atom stereocenters. The summed E-state index contributed by atoms with van der Waals surface area (Å²) in [5.41, 5.74) is 1.40. The highest BCUT2D eigenvalue weighted by Gasteiger charge is 2.04. The van der Waals surface area contributed by atoms with E-state index >= 15 is 0 Å². The van der Waals surface area contributed by atoms with Gasteiger partial charge in [-0.15, -0.1) is 11.8 Å². The molecule has 0 aromatic heterocycles. The van der Waals surface area contributed by atoms with Gasteiger partial charge in [-0.1, -0.05) is 44.4 Å². The third-order valence-electron chi connectivity index (χ3n) is 3.52. The standard InChI is InChI=1S/C17H22OS/c1-3-4-5-6-7-13-8-9-14-11-16(18)17(19-2)12-15(14)10-13/h8-12,18H,3-7H2,1-2H3. The van der Waals surface area contributed by atoms with Crippen molar-refractivity contribution in [2.24, 2.45) is 0 Å². The minimum atomic E-state index is 0.385. The summed E-state index contributed by atoms with van der Waals surface area (Å²) in [6.07, 6.45) is 8.36. The predicted octanol–water partition coefficient (Wildman–Crippen LogP) is 5.39. The Balaban J connectivity index is 2.17. The minimum absolute atomic E-state index is 0.385. The Morgan fingerprint density at radius 2 is 1.84 bits per heavy atom.